The Morgan fingerprint density at radius 3 is 2.60 bits per heavy atom. The molecule has 0 aliphatic heterocycles. The van der Waals surface area contributed by atoms with Crippen LogP contribution >= 0.6 is 0 Å². The van der Waals surface area contributed by atoms with E-state index in [2.05, 4.69) is 5.48 Å². The molecule has 0 aliphatic rings. The predicted octanol–water partition coefficient (Wildman–Crippen LogP) is 1.82. The molecule has 4 nitrogen and oxygen atoms in total. The molecule has 0 spiro atoms. The second kappa shape index (κ2) is 5.26. The molecule has 0 atom stereocenters. The van der Waals surface area contributed by atoms with Gasteiger partial charge in [0.2, 0.25) is 0 Å². The van der Waals surface area contributed by atoms with Crippen LogP contribution in [-0.2, 0) is 9.63 Å². The summed E-state index contributed by atoms with van der Waals surface area (Å²) < 4.78 is 0. The number of para-hydroxylation sites is 1. The Kier molecular flexibility index (Phi) is 4.00. The fraction of sp³-hybridized carbons (Fsp3) is 0.273. The zero-order valence-electron chi connectivity index (χ0n) is 8.74. The van der Waals surface area contributed by atoms with Crippen molar-refractivity contribution >= 4 is 17.3 Å². The van der Waals surface area contributed by atoms with Crippen molar-refractivity contribution in [2.75, 3.05) is 12.6 Å². The third-order valence-electron chi connectivity index (χ3n) is 1.85. The molecule has 0 fully saturated rings. The number of benzene rings is 1. The minimum Gasteiger partial charge on any atom is -0.300 e. The van der Waals surface area contributed by atoms with Gasteiger partial charge in [0.15, 0.2) is 5.78 Å². The van der Waals surface area contributed by atoms with Gasteiger partial charge in [-0.05, 0) is 19.1 Å². The molecule has 0 aliphatic carbocycles. The van der Waals surface area contributed by atoms with E-state index in [1.54, 1.807) is 24.3 Å². The highest BCUT2D eigenvalue weighted by Crippen LogP contribution is 2.16. The largest absolute Gasteiger partial charge is 0.300 e. The Hall–Kier alpha value is -1.68. The van der Waals surface area contributed by atoms with Gasteiger partial charge in [-0.15, -0.1) is 0 Å². The van der Waals surface area contributed by atoms with E-state index in [4.69, 9.17) is 4.84 Å². The van der Waals surface area contributed by atoms with E-state index >= 15 is 0 Å². The number of carbonyl (C=O) groups excluding carboxylic acids is 2. The number of rotatable bonds is 5. The lowest BCUT2D eigenvalue weighted by Crippen LogP contribution is -2.08. The number of Topliss-reactive ketones (excluding diaryl/α,β-unsaturated/α-hetero) is 2. The molecule has 1 aromatic rings. The molecule has 0 bridgehead atoms. The van der Waals surface area contributed by atoms with Crippen LogP contribution < -0.4 is 5.48 Å². The van der Waals surface area contributed by atoms with Crippen LogP contribution in [0, 0.1) is 0 Å². The molecule has 0 heterocycles. The summed E-state index contributed by atoms with van der Waals surface area (Å²) in [6.07, 6.45) is -0.0809. The Morgan fingerprint density at radius 1 is 1.33 bits per heavy atom. The Labute approximate surface area is 88.2 Å². The molecule has 4 heteroatoms. The summed E-state index contributed by atoms with van der Waals surface area (Å²) in [6, 6.07) is 6.91. The summed E-state index contributed by atoms with van der Waals surface area (Å²) in [5.41, 5.74) is 3.64. The monoisotopic (exact) mass is 207 g/mol. The van der Waals surface area contributed by atoms with Gasteiger partial charge in [0.1, 0.15) is 5.78 Å². The average molecular weight is 207 g/mol. The van der Waals surface area contributed by atoms with Crippen LogP contribution in [0.25, 0.3) is 0 Å². The molecule has 80 valence electrons. The zero-order chi connectivity index (χ0) is 11.3. The maximum Gasteiger partial charge on any atom is 0.172 e. The summed E-state index contributed by atoms with van der Waals surface area (Å²) >= 11 is 0. The molecule has 15 heavy (non-hydrogen) atoms. The Bertz CT molecular complexity index is 374. The quantitative estimate of drug-likeness (QED) is 0.454. The van der Waals surface area contributed by atoms with E-state index in [1.807, 2.05) is 0 Å². The second-order valence-electron chi connectivity index (χ2n) is 3.15. The van der Waals surface area contributed by atoms with Crippen LogP contribution in [0.1, 0.15) is 23.7 Å². The van der Waals surface area contributed by atoms with Crippen molar-refractivity contribution in [3.8, 4) is 0 Å². The molecule has 0 amide bonds. The molecule has 0 aromatic heterocycles. The first-order valence-electron chi connectivity index (χ1n) is 4.56. The minimum atomic E-state index is -0.206. The number of carbonyl (C=O) groups is 2. The highest BCUT2D eigenvalue weighted by atomic mass is 16.6. The lowest BCUT2D eigenvalue weighted by Gasteiger charge is -2.07. The van der Waals surface area contributed by atoms with Gasteiger partial charge in [0, 0.05) is 5.56 Å². The van der Waals surface area contributed by atoms with Gasteiger partial charge in [0.05, 0.1) is 19.2 Å². The van der Waals surface area contributed by atoms with Gasteiger partial charge < -0.3 is 0 Å². The minimum absolute atomic E-state index is 0.0809. The molecule has 1 N–H and O–H groups in total. The number of anilines is 1. The first-order valence-corrected chi connectivity index (χ1v) is 4.56. The lowest BCUT2D eigenvalue weighted by atomic mass is 10.0. The Morgan fingerprint density at radius 2 is 2.00 bits per heavy atom. The molecular weight excluding hydrogens is 194 g/mol. The maximum atomic E-state index is 11.6. The predicted molar refractivity (Wildman–Crippen MR) is 56.7 cm³/mol. The van der Waals surface area contributed by atoms with Crippen molar-refractivity contribution < 1.29 is 14.4 Å². The standard InChI is InChI=1S/C11H13NO3/c1-8(13)7-11(14)9-5-3-4-6-10(9)12-15-2/h3-6,12H,7H2,1-2H3. The number of hydrogen-bond donors (Lipinski definition) is 1. The smallest absolute Gasteiger partial charge is 0.172 e. The van der Waals surface area contributed by atoms with E-state index in [-0.39, 0.29) is 18.0 Å². The SMILES string of the molecule is CONc1ccccc1C(=O)CC(C)=O. The van der Waals surface area contributed by atoms with Crippen LogP contribution in [0.3, 0.4) is 0 Å². The average Bonchev–Trinajstić information content (AvgIpc) is 2.18. The maximum absolute atomic E-state index is 11.6. The van der Waals surface area contributed by atoms with Crippen LogP contribution in [-0.4, -0.2) is 18.7 Å². The highest BCUT2D eigenvalue weighted by Gasteiger charge is 2.12. The van der Waals surface area contributed by atoms with Gasteiger partial charge in [-0.3, -0.25) is 19.9 Å². The lowest BCUT2D eigenvalue weighted by molar-refractivity contribution is -0.116. The van der Waals surface area contributed by atoms with E-state index in [0.29, 0.717) is 11.3 Å². The summed E-state index contributed by atoms with van der Waals surface area (Å²) in [7, 11) is 1.46. The van der Waals surface area contributed by atoms with Crippen LogP contribution in [0.5, 0.6) is 0 Å². The summed E-state index contributed by atoms with van der Waals surface area (Å²) in [6.45, 7) is 1.39. The number of nitrogens with one attached hydrogen (secondary N) is 1. The van der Waals surface area contributed by atoms with Crippen molar-refractivity contribution in [2.24, 2.45) is 0 Å². The van der Waals surface area contributed by atoms with Gasteiger partial charge >= 0.3 is 0 Å². The van der Waals surface area contributed by atoms with Crippen LogP contribution in [0.4, 0.5) is 5.69 Å². The molecule has 0 saturated heterocycles. The van der Waals surface area contributed by atoms with Gasteiger partial charge in [-0.25, -0.2) is 0 Å². The van der Waals surface area contributed by atoms with Crippen molar-refractivity contribution in [2.45, 2.75) is 13.3 Å². The number of ketones is 2. The van der Waals surface area contributed by atoms with Crippen LogP contribution in [0.15, 0.2) is 24.3 Å². The summed E-state index contributed by atoms with van der Waals surface area (Å²) in [5, 5.41) is 0. The molecule has 1 aromatic carbocycles. The van der Waals surface area contributed by atoms with E-state index in [1.165, 1.54) is 14.0 Å². The zero-order valence-corrected chi connectivity index (χ0v) is 8.74. The van der Waals surface area contributed by atoms with Crippen LogP contribution in [0.2, 0.25) is 0 Å². The fourth-order valence-corrected chi connectivity index (χ4v) is 1.25. The second-order valence-corrected chi connectivity index (χ2v) is 3.15. The molecule has 0 unspecified atom stereocenters. The summed E-state index contributed by atoms with van der Waals surface area (Å²) in [4.78, 5) is 27.2. The van der Waals surface area contributed by atoms with Gasteiger partial charge in [0.25, 0.3) is 0 Å². The van der Waals surface area contributed by atoms with E-state index < -0.39 is 0 Å². The molecule has 1 rings (SSSR count). The van der Waals surface area contributed by atoms with Crippen molar-refractivity contribution in [1.29, 1.82) is 0 Å². The Balaban J connectivity index is 2.91. The first kappa shape index (κ1) is 11.4. The first-order chi connectivity index (χ1) is 7.15. The van der Waals surface area contributed by atoms with Crippen molar-refractivity contribution in [3.63, 3.8) is 0 Å². The van der Waals surface area contributed by atoms with Crippen molar-refractivity contribution in [1.82, 2.24) is 0 Å². The normalized spacial score (nSPS) is 9.73. The topological polar surface area (TPSA) is 55.4 Å². The third-order valence-corrected chi connectivity index (χ3v) is 1.85. The van der Waals surface area contributed by atoms with E-state index in [9.17, 15) is 9.59 Å². The van der Waals surface area contributed by atoms with E-state index in [0.717, 1.165) is 0 Å². The molecule has 0 saturated carbocycles. The number of hydrogen-bond acceptors (Lipinski definition) is 4. The van der Waals surface area contributed by atoms with Gasteiger partial charge in [-0.2, -0.15) is 0 Å². The molecular formula is C11H13NO3. The fourth-order valence-electron chi connectivity index (χ4n) is 1.25. The third kappa shape index (κ3) is 3.18. The van der Waals surface area contributed by atoms with Gasteiger partial charge in [-0.1, -0.05) is 12.1 Å². The highest BCUT2D eigenvalue weighted by molar-refractivity contribution is 6.10. The molecule has 0 radical (unpaired) electrons. The van der Waals surface area contributed by atoms with Crippen molar-refractivity contribution in [3.05, 3.63) is 29.8 Å². The summed E-state index contributed by atoms with van der Waals surface area (Å²) in [5.74, 6) is -0.352.